The van der Waals surface area contributed by atoms with Gasteiger partial charge in [0.25, 0.3) is 0 Å². The summed E-state index contributed by atoms with van der Waals surface area (Å²) in [5, 5.41) is 7.41. The van der Waals surface area contributed by atoms with Crippen LogP contribution in [0.5, 0.6) is 11.5 Å². The van der Waals surface area contributed by atoms with Gasteiger partial charge in [0.2, 0.25) is 0 Å². The molecule has 0 radical (unpaired) electrons. The summed E-state index contributed by atoms with van der Waals surface area (Å²) in [6, 6.07) is 5.38. The molecule has 0 aromatic heterocycles. The first-order chi connectivity index (χ1) is 8.70. The van der Waals surface area contributed by atoms with E-state index in [1.165, 1.54) is 19.3 Å². The summed E-state index contributed by atoms with van der Waals surface area (Å²) >= 11 is 0. The Morgan fingerprint density at radius 2 is 1.94 bits per heavy atom. The zero-order chi connectivity index (χ0) is 13.0. The van der Waals surface area contributed by atoms with Crippen LogP contribution >= 0.6 is 0 Å². The number of hydrogen-bond acceptors (Lipinski definition) is 3. The molecule has 4 heteroatoms. The van der Waals surface area contributed by atoms with Gasteiger partial charge < -0.3 is 15.2 Å². The molecule has 1 aromatic carbocycles. The Kier molecular flexibility index (Phi) is 4.07. The van der Waals surface area contributed by atoms with Crippen molar-refractivity contribution in [2.45, 2.75) is 38.2 Å². The fraction of sp³-hybridized carbons (Fsp3) is 0.500. The van der Waals surface area contributed by atoms with Gasteiger partial charge in [0.05, 0.1) is 13.2 Å². The van der Waals surface area contributed by atoms with Gasteiger partial charge in [0.1, 0.15) is 5.84 Å². The van der Waals surface area contributed by atoms with Crippen molar-refractivity contribution >= 4 is 5.84 Å². The molecule has 1 aromatic rings. The minimum Gasteiger partial charge on any atom is -0.493 e. The molecular weight excluding hydrogens is 228 g/mol. The average molecular weight is 248 g/mol. The quantitative estimate of drug-likeness (QED) is 0.636. The lowest BCUT2D eigenvalue weighted by molar-refractivity contribution is 0.149. The summed E-state index contributed by atoms with van der Waals surface area (Å²) in [4.78, 5) is 0. The molecular formula is C14H20N2O2. The van der Waals surface area contributed by atoms with Gasteiger partial charge in [-0.15, -0.1) is 0 Å². The second kappa shape index (κ2) is 5.76. The summed E-state index contributed by atoms with van der Waals surface area (Å²) in [7, 11) is 1.60. The van der Waals surface area contributed by atoms with Crippen molar-refractivity contribution < 1.29 is 9.47 Å². The van der Waals surface area contributed by atoms with E-state index in [0.29, 0.717) is 11.3 Å². The molecule has 0 saturated heterocycles. The topological polar surface area (TPSA) is 68.3 Å². The molecule has 1 saturated carbocycles. The number of nitrogens with two attached hydrogens (primary N) is 1. The maximum absolute atomic E-state index is 7.41. The largest absolute Gasteiger partial charge is 0.493 e. The molecule has 0 amide bonds. The van der Waals surface area contributed by atoms with E-state index < -0.39 is 0 Å². The van der Waals surface area contributed by atoms with Crippen LogP contribution in [-0.4, -0.2) is 19.0 Å². The Morgan fingerprint density at radius 3 is 2.56 bits per heavy atom. The highest BCUT2D eigenvalue weighted by Crippen LogP contribution is 2.31. The van der Waals surface area contributed by atoms with Crippen molar-refractivity contribution in [3.05, 3.63) is 23.8 Å². The van der Waals surface area contributed by atoms with E-state index in [1.54, 1.807) is 19.2 Å². The summed E-state index contributed by atoms with van der Waals surface area (Å²) in [6.07, 6.45) is 6.28. The third-order valence-corrected chi connectivity index (χ3v) is 3.32. The van der Waals surface area contributed by atoms with E-state index >= 15 is 0 Å². The Hall–Kier alpha value is -1.71. The number of nitrogen functional groups attached to an aromatic ring is 1. The lowest BCUT2D eigenvalue weighted by atomic mass is 9.98. The first-order valence-electron chi connectivity index (χ1n) is 6.40. The van der Waals surface area contributed by atoms with E-state index in [1.807, 2.05) is 6.07 Å². The van der Waals surface area contributed by atoms with Gasteiger partial charge in [0, 0.05) is 5.56 Å². The van der Waals surface area contributed by atoms with Crippen molar-refractivity contribution in [2.75, 3.05) is 7.11 Å². The molecule has 1 aliphatic carbocycles. The van der Waals surface area contributed by atoms with Gasteiger partial charge in [-0.1, -0.05) is 6.42 Å². The van der Waals surface area contributed by atoms with Crippen molar-refractivity contribution in [3.63, 3.8) is 0 Å². The number of hydrogen-bond donors (Lipinski definition) is 2. The van der Waals surface area contributed by atoms with Gasteiger partial charge >= 0.3 is 0 Å². The van der Waals surface area contributed by atoms with Crippen LogP contribution in [0.4, 0.5) is 0 Å². The first-order valence-corrected chi connectivity index (χ1v) is 6.40. The normalized spacial score (nSPS) is 16.3. The third-order valence-electron chi connectivity index (χ3n) is 3.32. The molecule has 18 heavy (non-hydrogen) atoms. The number of rotatable bonds is 4. The van der Waals surface area contributed by atoms with Crippen LogP contribution in [0.1, 0.15) is 37.7 Å². The number of methoxy groups -OCH3 is 1. The molecule has 1 aliphatic rings. The van der Waals surface area contributed by atoms with Crippen LogP contribution in [0.15, 0.2) is 18.2 Å². The zero-order valence-electron chi connectivity index (χ0n) is 10.7. The van der Waals surface area contributed by atoms with Crippen molar-refractivity contribution in [2.24, 2.45) is 5.73 Å². The van der Waals surface area contributed by atoms with Gasteiger partial charge in [-0.05, 0) is 43.9 Å². The second-order valence-electron chi connectivity index (χ2n) is 4.66. The van der Waals surface area contributed by atoms with Crippen LogP contribution in [0.25, 0.3) is 0 Å². The Balaban J connectivity index is 2.13. The SMILES string of the molecule is COc1cc(C(=N)N)ccc1OC1CCCCC1. The number of amidine groups is 1. The molecule has 2 rings (SSSR count). The molecule has 98 valence electrons. The summed E-state index contributed by atoms with van der Waals surface area (Å²) in [5.41, 5.74) is 6.11. The zero-order valence-corrected chi connectivity index (χ0v) is 10.7. The van der Waals surface area contributed by atoms with Gasteiger partial charge in [0.15, 0.2) is 11.5 Å². The molecule has 0 unspecified atom stereocenters. The predicted molar refractivity (Wildman–Crippen MR) is 71.5 cm³/mol. The van der Waals surface area contributed by atoms with Gasteiger partial charge in [-0.25, -0.2) is 0 Å². The van der Waals surface area contributed by atoms with Crippen LogP contribution in [0.2, 0.25) is 0 Å². The van der Waals surface area contributed by atoms with Crippen molar-refractivity contribution in [1.29, 1.82) is 5.41 Å². The summed E-state index contributed by atoms with van der Waals surface area (Å²) < 4.78 is 11.3. The number of ether oxygens (including phenoxy) is 2. The molecule has 0 aliphatic heterocycles. The Bertz CT molecular complexity index is 426. The van der Waals surface area contributed by atoms with Crippen LogP contribution in [0.3, 0.4) is 0 Å². The lowest BCUT2D eigenvalue weighted by Gasteiger charge is -2.24. The maximum atomic E-state index is 7.41. The van der Waals surface area contributed by atoms with E-state index in [0.717, 1.165) is 18.6 Å². The molecule has 4 nitrogen and oxygen atoms in total. The molecule has 1 fully saturated rings. The third kappa shape index (κ3) is 2.94. The first kappa shape index (κ1) is 12.7. The highest BCUT2D eigenvalue weighted by Gasteiger charge is 2.17. The van der Waals surface area contributed by atoms with E-state index in [-0.39, 0.29) is 11.9 Å². The van der Waals surface area contributed by atoms with Gasteiger partial charge in [-0.2, -0.15) is 0 Å². The average Bonchev–Trinajstić information content (AvgIpc) is 2.40. The maximum Gasteiger partial charge on any atom is 0.161 e. The molecule has 0 bridgehead atoms. The second-order valence-corrected chi connectivity index (χ2v) is 4.66. The van der Waals surface area contributed by atoms with E-state index in [4.69, 9.17) is 20.6 Å². The minimum atomic E-state index is 0.0394. The fourth-order valence-electron chi connectivity index (χ4n) is 2.30. The minimum absolute atomic E-state index is 0.0394. The van der Waals surface area contributed by atoms with Gasteiger partial charge in [-0.3, -0.25) is 5.41 Å². The highest BCUT2D eigenvalue weighted by molar-refractivity contribution is 5.95. The Morgan fingerprint density at radius 1 is 1.22 bits per heavy atom. The standard InChI is InChI=1S/C14H20N2O2/c1-17-13-9-10(14(15)16)7-8-12(13)18-11-5-3-2-4-6-11/h7-9,11H,2-6H2,1H3,(H3,15,16). The number of benzene rings is 1. The fourth-order valence-corrected chi connectivity index (χ4v) is 2.30. The lowest BCUT2D eigenvalue weighted by Crippen LogP contribution is -2.20. The molecule has 0 heterocycles. The molecule has 0 spiro atoms. The van der Waals surface area contributed by atoms with Crippen molar-refractivity contribution in [3.8, 4) is 11.5 Å². The molecule has 3 N–H and O–H groups in total. The summed E-state index contributed by atoms with van der Waals surface area (Å²) in [5.74, 6) is 1.43. The number of nitrogens with one attached hydrogen (secondary N) is 1. The van der Waals surface area contributed by atoms with Crippen LogP contribution in [0, 0.1) is 5.41 Å². The monoisotopic (exact) mass is 248 g/mol. The Labute approximate surface area is 108 Å². The smallest absolute Gasteiger partial charge is 0.161 e. The van der Waals surface area contributed by atoms with E-state index in [2.05, 4.69) is 0 Å². The predicted octanol–water partition coefficient (Wildman–Crippen LogP) is 2.69. The van der Waals surface area contributed by atoms with Crippen LogP contribution in [-0.2, 0) is 0 Å². The molecule has 0 atom stereocenters. The van der Waals surface area contributed by atoms with Crippen LogP contribution < -0.4 is 15.2 Å². The summed E-state index contributed by atoms with van der Waals surface area (Å²) in [6.45, 7) is 0. The van der Waals surface area contributed by atoms with E-state index in [9.17, 15) is 0 Å². The van der Waals surface area contributed by atoms with Crippen molar-refractivity contribution in [1.82, 2.24) is 0 Å². The highest BCUT2D eigenvalue weighted by atomic mass is 16.5.